The Bertz CT molecular complexity index is 540. The molecule has 0 saturated heterocycles. The minimum Gasteiger partial charge on any atom is -0.495 e. The molecule has 10 heteroatoms. The zero-order valence-electron chi connectivity index (χ0n) is 11.7. The van der Waals surface area contributed by atoms with E-state index in [0.717, 1.165) is 0 Å². The monoisotopic (exact) mass is 385 g/mol. The summed E-state index contributed by atoms with van der Waals surface area (Å²) in [5.74, 6) is 0.581. The zero-order chi connectivity index (χ0) is 16.8. The van der Waals surface area contributed by atoms with Crippen LogP contribution < -0.4 is 20.7 Å². The van der Waals surface area contributed by atoms with Gasteiger partial charge in [-0.2, -0.15) is 0 Å². The fraction of sp³-hybridized carbons (Fsp3) is 0.333. The topological polar surface area (TPSA) is 71.6 Å². The lowest BCUT2D eigenvalue weighted by molar-refractivity contribution is 0.166. The molecule has 6 nitrogen and oxygen atoms in total. The Hall–Kier alpha value is -1.15. The van der Waals surface area contributed by atoms with Gasteiger partial charge in [0.1, 0.15) is 5.75 Å². The number of thiocarbonyl (C=S) groups is 1. The average molecular weight is 387 g/mol. The van der Waals surface area contributed by atoms with E-state index in [1.54, 1.807) is 18.2 Å². The quantitative estimate of drug-likeness (QED) is 0.420. The van der Waals surface area contributed by atoms with E-state index in [4.69, 9.17) is 51.8 Å². The second kappa shape index (κ2) is 8.47. The van der Waals surface area contributed by atoms with Gasteiger partial charge in [0.25, 0.3) is 0 Å². The van der Waals surface area contributed by atoms with Crippen molar-refractivity contribution in [1.29, 1.82) is 0 Å². The van der Waals surface area contributed by atoms with Crippen LogP contribution in [0.4, 0.5) is 10.5 Å². The normalized spacial score (nSPS) is 12.0. The number of rotatable bonds is 4. The largest absolute Gasteiger partial charge is 0.495 e. The molecule has 3 N–H and O–H groups in total. The molecule has 0 aromatic heterocycles. The number of para-hydroxylation sites is 2. The van der Waals surface area contributed by atoms with E-state index in [-0.39, 0.29) is 5.11 Å². The first-order valence-corrected chi connectivity index (χ1v) is 7.44. The molecule has 0 radical (unpaired) electrons. The van der Waals surface area contributed by atoms with Crippen LogP contribution in [0.15, 0.2) is 24.3 Å². The summed E-state index contributed by atoms with van der Waals surface area (Å²) >= 11 is 22.5. The first kappa shape index (κ1) is 18.9. The molecule has 0 spiro atoms. The number of alkyl halides is 3. The van der Waals surface area contributed by atoms with Gasteiger partial charge in [-0.05, 0) is 24.4 Å². The van der Waals surface area contributed by atoms with Gasteiger partial charge < -0.3 is 20.1 Å². The van der Waals surface area contributed by atoms with Gasteiger partial charge in [-0.15, -0.1) is 0 Å². The Kier molecular flexibility index (Phi) is 7.28. The van der Waals surface area contributed by atoms with Crippen molar-refractivity contribution >= 4 is 63.9 Å². The maximum Gasteiger partial charge on any atom is 0.408 e. The van der Waals surface area contributed by atoms with Gasteiger partial charge >= 0.3 is 6.09 Å². The lowest BCUT2D eigenvalue weighted by atomic mass is 10.3. The predicted molar refractivity (Wildman–Crippen MR) is 92.0 cm³/mol. The molecule has 0 aliphatic rings. The molecule has 0 bridgehead atoms. The highest BCUT2D eigenvalue weighted by atomic mass is 35.6. The van der Waals surface area contributed by atoms with Crippen molar-refractivity contribution in [2.24, 2.45) is 0 Å². The molecule has 1 aromatic rings. The highest BCUT2D eigenvalue weighted by Gasteiger charge is 2.35. The van der Waals surface area contributed by atoms with E-state index in [0.29, 0.717) is 11.4 Å². The summed E-state index contributed by atoms with van der Waals surface area (Å²) in [5.41, 5.74) is 0.614. The van der Waals surface area contributed by atoms with Crippen molar-refractivity contribution in [1.82, 2.24) is 10.6 Å². The molecule has 0 aliphatic heterocycles. The molecular formula is C12H14Cl3N3O3S. The number of hydrogen-bond acceptors (Lipinski definition) is 4. The third-order valence-electron chi connectivity index (χ3n) is 2.41. The van der Waals surface area contributed by atoms with Crippen LogP contribution in [0.1, 0.15) is 0 Å². The second-order valence-electron chi connectivity index (χ2n) is 3.91. The van der Waals surface area contributed by atoms with Crippen LogP contribution >= 0.6 is 47.0 Å². The molecule has 0 heterocycles. The Morgan fingerprint density at radius 2 is 1.86 bits per heavy atom. The van der Waals surface area contributed by atoms with Gasteiger partial charge in [0, 0.05) is 0 Å². The highest BCUT2D eigenvalue weighted by molar-refractivity contribution is 7.80. The molecule has 0 aliphatic carbocycles. The van der Waals surface area contributed by atoms with Crippen molar-refractivity contribution in [3.8, 4) is 5.75 Å². The third-order valence-corrected chi connectivity index (χ3v) is 3.28. The fourth-order valence-electron chi connectivity index (χ4n) is 1.41. The van der Waals surface area contributed by atoms with Crippen molar-refractivity contribution in [3.05, 3.63) is 24.3 Å². The van der Waals surface area contributed by atoms with Gasteiger partial charge in [-0.25, -0.2) is 4.79 Å². The number of nitrogens with one attached hydrogen (secondary N) is 3. The van der Waals surface area contributed by atoms with Crippen LogP contribution in [0.2, 0.25) is 0 Å². The number of hydrogen-bond donors (Lipinski definition) is 3. The van der Waals surface area contributed by atoms with Crippen molar-refractivity contribution in [2.75, 3.05) is 19.5 Å². The van der Waals surface area contributed by atoms with Crippen molar-refractivity contribution in [2.45, 2.75) is 9.96 Å². The molecule has 0 unspecified atom stereocenters. The number of carbonyl (C=O) groups is 1. The summed E-state index contributed by atoms with van der Waals surface area (Å²) in [6.07, 6.45) is -1.87. The Balaban J connectivity index is 2.77. The van der Waals surface area contributed by atoms with Crippen LogP contribution in [0.3, 0.4) is 0 Å². The average Bonchev–Trinajstić information content (AvgIpc) is 2.45. The van der Waals surface area contributed by atoms with Gasteiger partial charge in [0.2, 0.25) is 3.79 Å². The molecule has 0 fully saturated rings. The SMILES string of the molecule is COC(=O)N[C@H](NC(=S)Nc1ccccc1OC)C(Cl)(Cl)Cl. The number of alkyl carbamates (subject to hydrolysis) is 1. The number of benzene rings is 1. The van der Waals surface area contributed by atoms with Gasteiger partial charge in [-0.1, -0.05) is 46.9 Å². The van der Waals surface area contributed by atoms with Gasteiger partial charge in [0.15, 0.2) is 11.3 Å². The zero-order valence-corrected chi connectivity index (χ0v) is 14.7. The van der Waals surface area contributed by atoms with Crippen LogP contribution in [-0.4, -0.2) is 35.4 Å². The van der Waals surface area contributed by atoms with Crippen LogP contribution in [0.5, 0.6) is 5.75 Å². The molecule has 22 heavy (non-hydrogen) atoms. The summed E-state index contributed by atoms with van der Waals surface area (Å²) < 4.78 is 7.80. The highest BCUT2D eigenvalue weighted by Crippen LogP contribution is 2.29. The standard InChI is InChI=1S/C12H14Cl3N3O3S/c1-20-8-6-4-3-5-7(8)16-10(22)17-9(12(13,14)15)18-11(19)21-2/h3-6,9H,1-2H3,(H,18,19)(H2,16,17,22)/t9-/m0/s1. The van der Waals surface area contributed by atoms with E-state index in [1.165, 1.54) is 14.2 Å². The van der Waals surface area contributed by atoms with Crippen molar-refractivity contribution in [3.63, 3.8) is 0 Å². The summed E-state index contributed by atoms with van der Waals surface area (Å²) in [5, 5.41) is 8.01. The molecule has 1 rings (SSSR count). The fourth-order valence-corrected chi connectivity index (χ4v) is 1.97. The summed E-state index contributed by atoms with van der Waals surface area (Å²) in [6.45, 7) is 0. The lowest BCUT2D eigenvalue weighted by Crippen LogP contribution is -2.56. The maximum absolute atomic E-state index is 11.3. The van der Waals surface area contributed by atoms with Gasteiger partial charge in [-0.3, -0.25) is 5.32 Å². The van der Waals surface area contributed by atoms with Crippen LogP contribution in [-0.2, 0) is 4.74 Å². The van der Waals surface area contributed by atoms with E-state index >= 15 is 0 Å². The molecular weight excluding hydrogens is 373 g/mol. The van der Waals surface area contributed by atoms with E-state index in [2.05, 4.69) is 20.7 Å². The predicted octanol–water partition coefficient (Wildman–Crippen LogP) is 3.03. The third kappa shape index (κ3) is 5.92. The Morgan fingerprint density at radius 1 is 1.23 bits per heavy atom. The number of methoxy groups -OCH3 is 2. The van der Waals surface area contributed by atoms with Crippen molar-refractivity contribution < 1.29 is 14.3 Å². The Morgan fingerprint density at radius 3 is 2.41 bits per heavy atom. The summed E-state index contributed by atoms with van der Waals surface area (Å²) in [7, 11) is 2.72. The number of amides is 1. The summed E-state index contributed by atoms with van der Waals surface area (Å²) in [4.78, 5) is 11.3. The first-order chi connectivity index (χ1) is 10.3. The minimum absolute atomic E-state index is 0.122. The van der Waals surface area contributed by atoms with Crippen LogP contribution in [0, 0.1) is 0 Å². The van der Waals surface area contributed by atoms with Crippen LogP contribution in [0.25, 0.3) is 0 Å². The Labute approximate surface area is 148 Å². The van der Waals surface area contributed by atoms with Gasteiger partial charge in [0.05, 0.1) is 19.9 Å². The van der Waals surface area contributed by atoms with E-state index < -0.39 is 16.1 Å². The first-order valence-electron chi connectivity index (χ1n) is 5.89. The van der Waals surface area contributed by atoms with E-state index in [9.17, 15) is 4.79 Å². The molecule has 0 saturated carbocycles. The maximum atomic E-state index is 11.3. The minimum atomic E-state index is -1.85. The molecule has 1 atom stereocenters. The summed E-state index contributed by atoms with van der Waals surface area (Å²) in [6, 6.07) is 7.12. The number of carbonyl (C=O) groups excluding carboxylic acids is 1. The number of ether oxygens (including phenoxy) is 2. The smallest absolute Gasteiger partial charge is 0.408 e. The second-order valence-corrected chi connectivity index (χ2v) is 6.69. The molecule has 1 aromatic carbocycles. The number of halogens is 3. The number of anilines is 1. The van der Waals surface area contributed by atoms with E-state index in [1.807, 2.05) is 6.07 Å². The molecule has 122 valence electrons. The molecule has 1 amide bonds. The lowest BCUT2D eigenvalue weighted by Gasteiger charge is -2.27.